The van der Waals surface area contributed by atoms with Crippen molar-refractivity contribution in [3.63, 3.8) is 0 Å². The highest BCUT2D eigenvalue weighted by Gasteiger charge is 2.49. The van der Waals surface area contributed by atoms with Crippen LogP contribution in [0.4, 0.5) is 0 Å². The fourth-order valence-electron chi connectivity index (χ4n) is 3.73. The Morgan fingerprint density at radius 3 is 1.57 bits per heavy atom. The molecule has 0 fully saturated rings. The minimum Gasteiger partial charge on any atom is -0.222 e. The smallest absolute Gasteiger partial charge is 0.222 e. The van der Waals surface area contributed by atoms with Crippen LogP contribution in [0.5, 0.6) is 0 Å². The molecule has 0 spiro atoms. The molecule has 138 valence electrons. The third-order valence-electron chi connectivity index (χ3n) is 4.89. The van der Waals surface area contributed by atoms with Crippen LogP contribution in [0.15, 0.2) is 115 Å². The molecule has 0 heterocycles. The minimum atomic E-state index is -2.26. The van der Waals surface area contributed by atoms with E-state index < -0.39 is 7.49 Å². The molecule has 0 radical (unpaired) electrons. The lowest BCUT2D eigenvalue weighted by atomic mass is 10.1. The van der Waals surface area contributed by atoms with Gasteiger partial charge in [-0.2, -0.15) is 0 Å². The molecule has 0 aliphatic rings. The van der Waals surface area contributed by atoms with Crippen molar-refractivity contribution in [2.24, 2.45) is 0 Å². The molecule has 2 heteroatoms. The van der Waals surface area contributed by atoms with Gasteiger partial charge in [-0.25, -0.2) is 4.52 Å². The van der Waals surface area contributed by atoms with Crippen LogP contribution in [0.2, 0.25) is 0 Å². The van der Waals surface area contributed by atoms with E-state index in [9.17, 15) is 0 Å². The zero-order valence-electron chi connectivity index (χ0n) is 16.0. The molecule has 0 amide bonds. The molecule has 0 saturated heterocycles. The quantitative estimate of drug-likeness (QED) is 0.394. The van der Waals surface area contributed by atoms with Crippen molar-refractivity contribution < 1.29 is 4.52 Å². The van der Waals surface area contributed by atoms with E-state index >= 15 is 0 Å². The normalized spacial score (nSPS) is 11.3. The van der Waals surface area contributed by atoms with E-state index in [4.69, 9.17) is 4.52 Å². The fourth-order valence-corrected chi connectivity index (χ4v) is 7.43. The average Bonchev–Trinajstić information content (AvgIpc) is 2.79. The van der Waals surface area contributed by atoms with Gasteiger partial charge in [0.25, 0.3) is 0 Å². The summed E-state index contributed by atoms with van der Waals surface area (Å²) < 4.78 is 6.76. The van der Waals surface area contributed by atoms with Gasteiger partial charge in [-0.15, -0.1) is 0 Å². The Balaban J connectivity index is 2.06. The molecule has 0 saturated carbocycles. The van der Waals surface area contributed by atoms with Crippen molar-refractivity contribution in [2.45, 2.75) is 6.92 Å². The maximum atomic E-state index is 6.76. The third kappa shape index (κ3) is 3.40. The van der Waals surface area contributed by atoms with Crippen molar-refractivity contribution in [2.75, 3.05) is 6.61 Å². The van der Waals surface area contributed by atoms with Gasteiger partial charge in [-0.1, -0.05) is 84.9 Å². The molecule has 0 aliphatic carbocycles. The average molecular weight is 383 g/mol. The Morgan fingerprint density at radius 1 is 0.571 bits per heavy atom. The second-order valence-electron chi connectivity index (χ2n) is 6.58. The highest BCUT2D eigenvalue weighted by atomic mass is 31.2. The number of hydrogen-bond donors (Lipinski definition) is 0. The van der Waals surface area contributed by atoms with Gasteiger partial charge in [0.1, 0.15) is 15.9 Å². The summed E-state index contributed by atoms with van der Waals surface area (Å²) in [5.41, 5.74) is 2.45. The van der Waals surface area contributed by atoms with Gasteiger partial charge in [0.15, 0.2) is 0 Å². The summed E-state index contributed by atoms with van der Waals surface area (Å²) in [5.74, 6) is 0. The van der Waals surface area contributed by atoms with Crippen LogP contribution in [0, 0.1) is 0 Å². The standard InChI is InChI=1S/C26H24OP/c1-2-27-28(23-16-8-4-9-17-23,24-18-10-5-11-19-24)26-21-13-12-20-25(26)22-14-6-3-7-15-22/h3-21H,2H2,1H3/q+1. The van der Waals surface area contributed by atoms with E-state index in [1.54, 1.807) is 0 Å². The fraction of sp³-hybridized carbons (Fsp3) is 0.0769. The first kappa shape index (κ1) is 18.6. The lowest BCUT2D eigenvalue weighted by molar-refractivity contribution is 0.381. The summed E-state index contributed by atoms with van der Waals surface area (Å²) in [6.07, 6.45) is 0. The van der Waals surface area contributed by atoms with E-state index in [1.807, 2.05) is 0 Å². The molecular weight excluding hydrogens is 359 g/mol. The zero-order chi connectivity index (χ0) is 19.2. The predicted octanol–water partition coefficient (Wildman–Crippen LogP) is 5.60. The summed E-state index contributed by atoms with van der Waals surface area (Å²) >= 11 is 0. The monoisotopic (exact) mass is 383 g/mol. The first-order valence-electron chi connectivity index (χ1n) is 9.66. The highest BCUT2D eigenvalue weighted by Crippen LogP contribution is 2.57. The third-order valence-corrected chi connectivity index (χ3v) is 8.66. The van der Waals surface area contributed by atoms with Crippen molar-refractivity contribution in [1.29, 1.82) is 0 Å². The maximum Gasteiger partial charge on any atom is 0.242 e. The maximum absolute atomic E-state index is 6.76. The molecule has 4 rings (SSSR count). The lowest BCUT2D eigenvalue weighted by Crippen LogP contribution is -2.34. The van der Waals surface area contributed by atoms with Gasteiger partial charge in [0.2, 0.25) is 7.49 Å². The minimum absolute atomic E-state index is 0.653. The van der Waals surface area contributed by atoms with Gasteiger partial charge in [0, 0.05) is 5.56 Å². The molecule has 0 unspecified atom stereocenters. The van der Waals surface area contributed by atoms with E-state index in [2.05, 4.69) is 122 Å². The molecule has 0 bridgehead atoms. The largest absolute Gasteiger partial charge is 0.242 e. The van der Waals surface area contributed by atoms with Crippen LogP contribution in [-0.4, -0.2) is 6.61 Å². The highest BCUT2D eigenvalue weighted by molar-refractivity contribution is 7.92. The second-order valence-corrected chi connectivity index (χ2v) is 9.57. The first-order valence-corrected chi connectivity index (χ1v) is 11.4. The van der Waals surface area contributed by atoms with Crippen LogP contribution < -0.4 is 15.9 Å². The number of rotatable bonds is 6. The summed E-state index contributed by atoms with van der Waals surface area (Å²) in [5, 5.41) is 3.75. The molecule has 0 atom stereocenters. The first-order chi connectivity index (χ1) is 13.9. The molecular formula is C26H24OP+. The Labute approximate surface area is 168 Å². The second kappa shape index (κ2) is 8.52. The predicted molar refractivity (Wildman–Crippen MR) is 122 cm³/mol. The van der Waals surface area contributed by atoms with Crippen LogP contribution in [-0.2, 0) is 4.52 Å². The summed E-state index contributed by atoms with van der Waals surface area (Å²) in [4.78, 5) is 0. The van der Waals surface area contributed by atoms with Crippen molar-refractivity contribution in [3.8, 4) is 11.1 Å². The van der Waals surface area contributed by atoms with Crippen LogP contribution >= 0.6 is 7.49 Å². The van der Waals surface area contributed by atoms with Gasteiger partial charge in [0.05, 0.1) is 6.61 Å². The molecule has 0 aliphatic heterocycles. The van der Waals surface area contributed by atoms with Gasteiger partial charge >= 0.3 is 0 Å². The summed E-state index contributed by atoms with van der Waals surface area (Å²) in [6.45, 7) is 2.74. The van der Waals surface area contributed by atoms with Crippen molar-refractivity contribution >= 4 is 23.4 Å². The SMILES string of the molecule is CCO[P+](c1ccccc1)(c1ccccc1)c1ccccc1-c1ccccc1. The molecule has 4 aromatic rings. The molecule has 0 aromatic heterocycles. The molecule has 28 heavy (non-hydrogen) atoms. The van der Waals surface area contributed by atoms with Gasteiger partial charge in [-0.05, 0) is 42.8 Å². The van der Waals surface area contributed by atoms with E-state index in [0.717, 1.165) is 0 Å². The zero-order valence-corrected chi connectivity index (χ0v) is 16.9. The summed E-state index contributed by atoms with van der Waals surface area (Å²) in [6, 6.07) is 40.7. The van der Waals surface area contributed by atoms with Crippen molar-refractivity contribution in [3.05, 3.63) is 115 Å². The van der Waals surface area contributed by atoms with Gasteiger partial charge < -0.3 is 0 Å². The van der Waals surface area contributed by atoms with Gasteiger partial charge in [-0.3, -0.25) is 0 Å². The Kier molecular flexibility index (Phi) is 5.67. The number of benzene rings is 4. The van der Waals surface area contributed by atoms with E-state index in [0.29, 0.717) is 6.61 Å². The Hall–Kier alpha value is -2.73. The van der Waals surface area contributed by atoms with Crippen molar-refractivity contribution in [1.82, 2.24) is 0 Å². The van der Waals surface area contributed by atoms with Crippen LogP contribution in [0.25, 0.3) is 11.1 Å². The molecule has 0 N–H and O–H groups in total. The molecule has 1 nitrogen and oxygen atoms in total. The number of hydrogen-bond acceptors (Lipinski definition) is 1. The van der Waals surface area contributed by atoms with Crippen LogP contribution in [0.3, 0.4) is 0 Å². The Morgan fingerprint density at radius 2 is 1.04 bits per heavy atom. The van der Waals surface area contributed by atoms with E-state index in [1.165, 1.54) is 27.0 Å². The van der Waals surface area contributed by atoms with E-state index in [-0.39, 0.29) is 0 Å². The Bertz CT molecular complexity index is 974. The topological polar surface area (TPSA) is 9.23 Å². The van der Waals surface area contributed by atoms with Crippen LogP contribution in [0.1, 0.15) is 6.92 Å². The molecule has 4 aromatic carbocycles. The summed E-state index contributed by atoms with van der Waals surface area (Å²) in [7, 11) is -2.26. The lowest BCUT2D eigenvalue weighted by Gasteiger charge is -2.27.